The molecule has 1 saturated heterocycles. The second-order valence-electron chi connectivity index (χ2n) is 6.79. The lowest BCUT2D eigenvalue weighted by Crippen LogP contribution is -2.41. The number of aliphatic imine (C=N–C) groups is 1. The van der Waals surface area contributed by atoms with Crippen LogP contribution in [0.15, 0.2) is 29.3 Å². The fourth-order valence-corrected chi connectivity index (χ4v) is 3.50. The number of guanidine groups is 1. The molecule has 2 N–H and O–H groups in total. The summed E-state index contributed by atoms with van der Waals surface area (Å²) in [5, 5.41) is 6.88. The Morgan fingerprint density at radius 3 is 2.44 bits per heavy atom. The second-order valence-corrected chi connectivity index (χ2v) is 6.79. The maximum atomic E-state index is 11.7. The van der Waals surface area contributed by atoms with Crippen LogP contribution in [-0.4, -0.2) is 36.4 Å². The maximum Gasteiger partial charge on any atom is 0.222 e. The summed E-state index contributed by atoms with van der Waals surface area (Å²) in [6.45, 7) is 2.39. The van der Waals surface area contributed by atoms with E-state index in [2.05, 4.69) is 39.9 Å². The molecular formula is C19H29IN4O. The molecule has 1 aromatic rings. The van der Waals surface area contributed by atoms with Gasteiger partial charge >= 0.3 is 0 Å². The monoisotopic (exact) mass is 456 g/mol. The third-order valence-electron chi connectivity index (χ3n) is 4.95. The number of carbonyl (C=O) groups is 1. The Bertz CT molecular complexity index is 582. The number of carbonyl (C=O) groups excluding carboxylic acids is 1. The van der Waals surface area contributed by atoms with Crippen LogP contribution in [0.4, 0.5) is 0 Å². The number of hydrogen-bond acceptors (Lipinski definition) is 2. The van der Waals surface area contributed by atoms with Crippen LogP contribution in [0.2, 0.25) is 0 Å². The Kier molecular flexibility index (Phi) is 7.99. The molecule has 1 aromatic carbocycles. The van der Waals surface area contributed by atoms with Gasteiger partial charge in [-0.2, -0.15) is 0 Å². The van der Waals surface area contributed by atoms with E-state index in [9.17, 15) is 4.79 Å². The topological polar surface area (TPSA) is 56.7 Å². The summed E-state index contributed by atoms with van der Waals surface area (Å²) in [5.41, 5.74) is 2.42. The van der Waals surface area contributed by atoms with Gasteiger partial charge in [-0.25, -0.2) is 0 Å². The largest absolute Gasteiger partial charge is 0.354 e. The van der Waals surface area contributed by atoms with Crippen molar-refractivity contribution in [1.82, 2.24) is 15.5 Å². The van der Waals surface area contributed by atoms with Crippen LogP contribution in [-0.2, 0) is 17.9 Å². The van der Waals surface area contributed by atoms with Gasteiger partial charge in [-0.05, 0) is 30.4 Å². The zero-order valence-corrected chi connectivity index (χ0v) is 17.3. The van der Waals surface area contributed by atoms with Gasteiger partial charge in [0.15, 0.2) is 5.96 Å². The maximum absolute atomic E-state index is 11.7. The van der Waals surface area contributed by atoms with Gasteiger partial charge in [-0.1, -0.05) is 37.1 Å². The van der Waals surface area contributed by atoms with Crippen LogP contribution in [0.1, 0.15) is 49.7 Å². The Morgan fingerprint density at radius 2 is 1.84 bits per heavy atom. The third-order valence-corrected chi connectivity index (χ3v) is 4.95. The van der Waals surface area contributed by atoms with Crippen molar-refractivity contribution in [1.29, 1.82) is 0 Å². The minimum Gasteiger partial charge on any atom is -0.354 e. The highest BCUT2D eigenvalue weighted by Crippen LogP contribution is 2.17. The molecular weight excluding hydrogens is 427 g/mol. The van der Waals surface area contributed by atoms with Crippen LogP contribution in [0, 0.1) is 0 Å². The highest BCUT2D eigenvalue weighted by molar-refractivity contribution is 14.0. The van der Waals surface area contributed by atoms with Crippen LogP contribution < -0.4 is 10.6 Å². The molecule has 6 heteroatoms. The van der Waals surface area contributed by atoms with Gasteiger partial charge in [0.05, 0.1) is 0 Å². The van der Waals surface area contributed by atoms with Crippen molar-refractivity contribution in [2.24, 2.45) is 4.99 Å². The lowest BCUT2D eigenvalue weighted by atomic mass is 10.1. The van der Waals surface area contributed by atoms with E-state index in [1.54, 1.807) is 0 Å². The first-order chi connectivity index (χ1) is 11.7. The predicted molar refractivity (Wildman–Crippen MR) is 112 cm³/mol. The van der Waals surface area contributed by atoms with E-state index < -0.39 is 0 Å². The molecule has 0 bridgehead atoms. The minimum absolute atomic E-state index is 0. The fraction of sp³-hybridized carbons (Fsp3) is 0.579. The van der Waals surface area contributed by atoms with E-state index in [4.69, 9.17) is 0 Å². The van der Waals surface area contributed by atoms with Crippen LogP contribution >= 0.6 is 24.0 Å². The summed E-state index contributed by atoms with van der Waals surface area (Å²) in [6.07, 6.45) is 6.81. The van der Waals surface area contributed by atoms with E-state index in [0.29, 0.717) is 12.5 Å². The van der Waals surface area contributed by atoms with Gasteiger partial charge < -0.3 is 15.5 Å². The molecule has 138 valence electrons. The van der Waals surface area contributed by atoms with Crippen LogP contribution in [0.3, 0.4) is 0 Å². The number of nitrogens with zero attached hydrogens (tertiary/aromatic N) is 2. The predicted octanol–water partition coefficient (Wildman–Crippen LogP) is 3.03. The van der Waals surface area contributed by atoms with Crippen molar-refractivity contribution in [2.45, 2.75) is 57.7 Å². The molecule has 3 rings (SSSR count). The van der Waals surface area contributed by atoms with Crippen LogP contribution in [0.5, 0.6) is 0 Å². The number of amides is 1. The number of halogens is 1. The molecule has 1 aliphatic carbocycles. The number of likely N-dealkylation sites (tertiary alicyclic amines) is 1. The van der Waals surface area contributed by atoms with Gasteiger partial charge in [0.1, 0.15) is 0 Å². The van der Waals surface area contributed by atoms with Crippen molar-refractivity contribution in [3.8, 4) is 0 Å². The van der Waals surface area contributed by atoms with Crippen LogP contribution in [0.25, 0.3) is 0 Å². The Labute approximate surface area is 167 Å². The Morgan fingerprint density at radius 1 is 1.16 bits per heavy atom. The van der Waals surface area contributed by atoms with E-state index >= 15 is 0 Å². The summed E-state index contributed by atoms with van der Waals surface area (Å²) in [4.78, 5) is 18.0. The average molecular weight is 456 g/mol. The van der Waals surface area contributed by atoms with Crippen molar-refractivity contribution in [2.75, 3.05) is 13.6 Å². The number of benzene rings is 1. The molecule has 2 fully saturated rings. The van der Waals surface area contributed by atoms with E-state index in [-0.39, 0.29) is 29.9 Å². The molecule has 1 amide bonds. The van der Waals surface area contributed by atoms with Gasteiger partial charge in [-0.3, -0.25) is 9.79 Å². The standard InChI is InChI=1S/C19H28N4O.HI/c1-20-19(22-17-5-2-3-6-17)21-13-15-8-10-16(11-9-15)14-23-12-4-7-18(23)24;/h8-11,17H,2-7,12-14H2,1H3,(H2,20,21,22);1H. The number of rotatable bonds is 5. The third kappa shape index (κ3) is 5.87. The molecule has 0 spiro atoms. The number of hydrogen-bond donors (Lipinski definition) is 2. The lowest BCUT2D eigenvalue weighted by Gasteiger charge is -2.17. The van der Waals surface area contributed by atoms with E-state index in [0.717, 1.165) is 32.0 Å². The lowest BCUT2D eigenvalue weighted by molar-refractivity contribution is -0.128. The molecule has 0 radical (unpaired) electrons. The fourth-order valence-electron chi connectivity index (χ4n) is 3.50. The number of nitrogens with one attached hydrogen (secondary N) is 2. The highest BCUT2D eigenvalue weighted by Gasteiger charge is 2.19. The molecule has 5 nitrogen and oxygen atoms in total. The molecule has 2 aliphatic rings. The van der Waals surface area contributed by atoms with Crippen molar-refractivity contribution < 1.29 is 4.79 Å². The van der Waals surface area contributed by atoms with Crippen molar-refractivity contribution in [3.05, 3.63) is 35.4 Å². The highest BCUT2D eigenvalue weighted by atomic mass is 127. The Balaban J connectivity index is 0.00000225. The van der Waals surface area contributed by atoms with Gasteiger partial charge in [0.25, 0.3) is 0 Å². The molecule has 25 heavy (non-hydrogen) atoms. The molecule has 0 unspecified atom stereocenters. The summed E-state index contributed by atoms with van der Waals surface area (Å²) in [6, 6.07) is 9.07. The summed E-state index contributed by atoms with van der Waals surface area (Å²) >= 11 is 0. The first-order valence-electron chi connectivity index (χ1n) is 9.07. The second kappa shape index (κ2) is 9.99. The van der Waals surface area contributed by atoms with Gasteiger partial charge in [-0.15, -0.1) is 24.0 Å². The van der Waals surface area contributed by atoms with Crippen molar-refractivity contribution in [3.63, 3.8) is 0 Å². The summed E-state index contributed by atoms with van der Waals surface area (Å²) < 4.78 is 0. The summed E-state index contributed by atoms with van der Waals surface area (Å²) in [5.74, 6) is 1.16. The zero-order valence-electron chi connectivity index (χ0n) is 15.0. The summed E-state index contributed by atoms with van der Waals surface area (Å²) in [7, 11) is 1.82. The first kappa shape index (κ1) is 20.0. The first-order valence-corrected chi connectivity index (χ1v) is 9.07. The molecule has 0 aromatic heterocycles. The minimum atomic E-state index is 0. The smallest absolute Gasteiger partial charge is 0.222 e. The molecule has 1 saturated carbocycles. The van der Waals surface area contributed by atoms with Crippen molar-refractivity contribution >= 4 is 35.8 Å². The SMILES string of the molecule is CN=C(NCc1ccc(CN2CCCC2=O)cc1)NC1CCCC1.I. The molecule has 1 heterocycles. The zero-order chi connectivity index (χ0) is 16.8. The average Bonchev–Trinajstić information content (AvgIpc) is 3.25. The normalized spacial score (nSPS) is 18.4. The van der Waals surface area contributed by atoms with E-state index in [1.165, 1.54) is 36.8 Å². The van der Waals surface area contributed by atoms with Gasteiger partial charge in [0.2, 0.25) is 5.91 Å². The Hall–Kier alpha value is -1.31. The van der Waals surface area contributed by atoms with E-state index in [1.807, 2.05) is 11.9 Å². The quantitative estimate of drug-likeness (QED) is 0.407. The molecule has 0 atom stereocenters. The molecule has 1 aliphatic heterocycles. The van der Waals surface area contributed by atoms with Gasteiger partial charge in [0, 0.05) is 39.1 Å².